The number of phenolic OH excluding ortho intramolecular Hbond substituents is 1. The van der Waals surface area contributed by atoms with Gasteiger partial charge < -0.3 is 35.6 Å². The molecule has 1 fully saturated rings. The number of ether oxygens (including phenoxy) is 2. The van der Waals surface area contributed by atoms with Crippen molar-refractivity contribution in [3.63, 3.8) is 0 Å². The van der Waals surface area contributed by atoms with Gasteiger partial charge in [0.15, 0.2) is 29.5 Å². The second-order valence-corrected chi connectivity index (χ2v) is 9.40. The number of nitrogens with zero attached hydrogens (tertiary/aromatic N) is 4. The number of carboxylic acid groups (broad SMARTS) is 2. The Morgan fingerprint density at radius 3 is 2.49 bits per heavy atom. The maximum atomic E-state index is 15.1. The molecule has 0 saturated carbocycles. The van der Waals surface area contributed by atoms with Gasteiger partial charge in [-0.3, -0.25) is 4.57 Å². The predicted octanol–water partition coefficient (Wildman–Crippen LogP) is 2.67. The van der Waals surface area contributed by atoms with Crippen molar-refractivity contribution in [1.29, 1.82) is 0 Å². The number of halogens is 2. The first-order chi connectivity index (χ1) is 19.5. The zero-order valence-corrected chi connectivity index (χ0v) is 21.5. The first-order valence-corrected chi connectivity index (χ1v) is 12.3. The molecule has 3 atom stereocenters. The molecule has 15 heteroatoms. The zero-order valence-electron chi connectivity index (χ0n) is 20.8. The molecule has 1 saturated heterocycles. The van der Waals surface area contributed by atoms with Gasteiger partial charge in [-0.15, -0.1) is 0 Å². The van der Waals surface area contributed by atoms with E-state index in [0.717, 1.165) is 10.9 Å². The number of alkyl halides is 1. The fourth-order valence-electron chi connectivity index (χ4n) is 4.34. The largest absolute Gasteiger partial charge is 0.507 e. The molecule has 0 radical (unpaired) electrons. The minimum Gasteiger partial charge on any atom is -0.507 e. The van der Waals surface area contributed by atoms with Crippen molar-refractivity contribution in [1.82, 2.24) is 19.5 Å². The third kappa shape index (κ3) is 4.94. The lowest BCUT2D eigenvalue weighted by Gasteiger charge is -2.25. The molecular weight excluding hydrogens is 565 g/mol. The molecule has 2 aromatic heterocycles. The van der Waals surface area contributed by atoms with Gasteiger partial charge in [0.25, 0.3) is 0 Å². The standard InChI is InChI=1S/C26H21ClFN5O8/c27-25-31-20(29)18-21(32-25)33(11-30-18)22-17(28)19(35)16(41-22)10-40-26(23(36)37,24(38)39)9-12-5-7-13(8-6-12)14-3-1-2-4-15(14)34/h1-8,10-11,17,19,22,34-35H,9H2,(H,36,37)(H,38,39)(H2,29,31,32)/b16-10+/t17-,19+,22+/m0/s1. The van der Waals surface area contributed by atoms with Gasteiger partial charge in [0.2, 0.25) is 11.5 Å². The Labute approximate surface area is 234 Å². The highest BCUT2D eigenvalue weighted by Crippen LogP contribution is 2.37. The van der Waals surface area contributed by atoms with Gasteiger partial charge >= 0.3 is 17.5 Å². The molecule has 1 aliphatic heterocycles. The number of hydrogen-bond acceptors (Lipinski definition) is 10. The minimum atomic E-state index is -2.87. The second kappa shape index (κ2) is 10.6. The van der Waals surface area contributed by atoms with Gasteiger partial charge in [0.05, 0.1) is 0 Å². The summed E-state index contributed by atoms with van der Waals surface area (Å²) >= 11 is 5.84. The number of aliphatic hydroxyl groups is 1. The minimum absolute atomic E-state index is 0.00204. The van der Waals surface area contributed by atoms with Crippen molar-refractivity contribution < 1.29 is 43.9 Å². The van der Waals surface area contributed by atoms with Crippen molar-refractivity contribution in [2.75, 3.05) is 5.73 Å². The molecular formula is C26H21ClFN5O8. The number of aliphatic carboxylic acids is 2. The highest BCUT2D eigenvalue weighted by atomic mass is 35.5. The number of phenols is 1. The summed E-state index contributed by atoms with van der Waals surface area (Å²) in [4.78, 5) is 36.2. The van der Waals surface area contributed by atoms with Crippen LogP contribution in [-0.2, 0) is 25.5 Å². The summed E-state index contributed by atoms with van der Waals surface area (Å²) in [5, 5.41) is 40.1. The molecule has 4 aromatic rings. The normalized spacial score (nSPS) is 19.8. The predicted molar refractivity (Wildman–Crippen MR) is 140 cm³/mol. The summed E-state index contributed by atoms with van der Waals surface area (Å²) in [6.45, 7) is 0. The Morgan fingerprint density at radius 1 is 1.15 bits per heavy atom. The van der Waals surface area contributed by atoms with Crippen LogP contribution in [0.2, 0.25) is 5.28 Å². The highest BCUT2D eigenvalue weighted by Gasteiger charge is 2.50. The number of aliphatic hydroxyl groups excluding tert-OH is 1. The van der Waals surface area contributed by atoms with Crippen LogP contribution in [0.15, 0.2) is 66.9 Å². The molecule has 212 valence electrons. The van der Waals surface area contributed by atoms with Crippen LogP contribution in [0, 0.1) is 0 Å². The van der Waals surface area contributed by atoms with Crippen LogP contribution in [0.4, 0.5) is 10.2 Å². The third-order valence-corrected chi connectivity index (χ3v) is 6.68. The third-order valence-electron chi connectivity index (χ3n) is 6.51. The molecule has 0 amide bonds. The molecule has 3 heterocycles. The number of nitrogen functional groups attached to an aromatic ring is 1. The fraction of sp³-hybridized carbons (Fsp3) is 0.192. The van der Waals surface area contributed by atoms with Gasteiger partial charge in [-0.2, -0.15) is 9.97 Å². The fourth-order valence-corrected chi connectivity index (χ4v) is 4.51. The van der Waals surface area contributed by atoms with Gasteiger partial charge in [0.1, 0.15) is 23.9 Å². The Hall–Kier alpha value is -4.95. The summed E-state index contributed by atoms with van der Waals surface area (Å²) < 4.78 is 27.0. The van der Waals surface area contributed by atoms with Crippen LogP contribution in [0.1, 0.15) is 11.8 Å². The molecule has 5 rings (SSSR count). The average Bonchev–Trinajstić information content (AvgIpc) is 3.47. The number of nitrogens with two attached hydrogens (primary N) is 1. The Morgan fingerprint density at radius 2 is 1.83 bits per heavy atom. The Kier molecular flexibility index (Phi) is 7.11. The first kappa shape index (κ1) is 27.6. The van der Waals surface area contributed by atoms with Crippen molar-refractivity contribution >= 4 is 40.5 Å². The number of anilines is 1. The van der Waals surface area contributed by atoms with Crippen LogP contribution >= 0.6 is 11.6 Å². The molecule has 13 nitrogen and oxygen atoms in total. The molecule has 1 aliphatic rings. The number of benzene rings is 2. The lowest BCUT2D eigenvalue weighted by Crippen LogP contribution is -2.50. The number of fused-ring (bicyclic) bond motifs is 1. The maximum absolute atomic E-state index is 15.1. The summed E-state index contributed by atoms with van der Waals surface area (Å²) in [5.41, 5.74) is 4.39. The number of carbonyl (C=O) groups is 2. The summed E-state index contributed by atoms with van der Waals surface area (Å²) in [6.07, 6.45) is -4.58. The first-order valence-electron chi connectivity index (χ1n) is 11.9. The molecule has 2 aromatic carbocycles. The van der Waals surface area contributed by atoms with E-state index in [1.807, 2.05) is 0 Å². The van der Waals surface area contributed by atoms with E-state index in [1.54, 1.807) is 30.3 Å². The van der Waals surface area contributed by atoms with Crippen LogP contribution in [0.3, 0.4) is 0 Å². The number of aromatic nitrogens is 4. The topological polar surface area (TPSA) is 203 Å². The van der Waals surface area contributed by atoms with Gasteiger partial charge in [-0.05, 0) is 28.8 Å². The lowest BCUT2D eigenvalue weighted by atomic mass is 9.93. The number of hydrogen-bond donors (Lipinski definition) is 5. The van der Waals surface area contributed by atoms with Gasteiger partial charge in [-0.1, -0.05) is 42.5 Å². The van der Waals surface area contributed by atoms with Crippen molar-refractivity contribution in [2.24, 2.45) is 0 Å². The molecule has 6 N–H and O–H groups in total. The Bertz CT molecular complexity index is 1660. The Balaban J connectivity index is 1.41. The zero-order chi connectivity index (χ0) is 29.5. The molecule has 0 unspecified atom stereocenters. The van der Waals surface area contributed by atoms with E-state index in [1.165, 1.54) is 18.2 Å². The lowest BCUT2D eigenvalue weighted by molar-refractivity contribution is -0.176. The van der Waals surface area contributed by atoms with E-state index in [0.29, 0.717) is 17.4 Å². The van der Waals surface area contributed by atoms with Crippen molar-refractivity contribution in [3.8, 4) is 16.9 Å². The van der Waals surface area contributed by atoms with Crippen molar-refractivity contribution in [2.45, 2.75) is 30.5 Å². The van der Waals surface area contributed by atoms with Crippen LogP contribution in [0.25, 0.3) is 22.3 Å². The number of para-hydroxylation sites is 1. The number of rotatable bonds is 8. The molecule has 0 bridgehead atoms. The number of aromatic hydroxyl groups is 1. The van der Waals surface area contributed by atoms with Gasteiger partial charge in [0, 0.05) is 12.0 Å². The van der Waals surface area contributed by atoms with E-state index in [9.17, 15) is 30.0 Å². The number of imidazole rings is 1. The maximum Gasteiger partial charge on any atom is 0.360 e. The van der Waals surface area contributed by atoms with E-state index < -0.39 is 48.2 Å². The van der Waals surface area contributed by atoms with E-state index in [2.05, 4.69) is 15.0 Å². The van der Waals surface area contributed by atoms with Crippen LogP contribution in [0.5, 0.6) is 5.75 Å². The molecule has 0 spiro atoms. The van der Waals surface area contributed by atoms with E-state index in [4.69, 9.17) is 26.8 Å². The van der Waals surface area contributed by atoms with E-state index in [-0.39, 0.29) is 33.6 Å². The SMILES string of the molecule is Nc1nc(Cl)nc2c1ncn2[C@@H]1O/C(=C/OC(Cc2ccc(-c3ccccc3O)cc2)(C(=O)O)C(=O)O)[C@@H](O)[C@@H]1F. The monoisotopic (exact) mass is 585 g/mol. The molecule has 0 aliphatic carbocycles. The van der Waals surface area contributed by atoms with Crippen LogP contribution in [-0.4, -0.2) is 69.8 Å². The second-order valence-electron chi connectivity index (χ2n) is 9.07. The molecule has 41 heavy (non-hydrogen) atoms. The highest BCUT2D eigenvalue weighted by molar-refractivity contribution is 6.28. The van der Waals surface area contributed by atoms with E-state index >= 15 is 4.39 Å². The smallest absolute Gasteiger partial charge is 0.360 e. The summed E-state index contributed by atoms with van der Waals surface area (Å²) in [6, 6.07) is 12.7. The quantitative estimate of drug-likeness (QED) is 0.115. The van der Waals surface area contributed by atoms with Crippen LogP contribution < -0.4 is 5.73 Å². The van der Waals surface area contributed by atoms with Crippen molar-refractivity contribution in [3.05, 3.63) is 77.7 Å². The van der Waals surface area contributed by atoms with Gasteiger partial charge in [-0.25, -0.2) is 19.0 Å². The average molecular weight is 586 g/mol. The summed E-state index contributed by atoms with van der Waals surface area (Å²) in [7, 11) is 0. The summed E-state index contributed by atoms with van der Waals surface area (Å²) in [5.74, 6) is -4.32. The number of carboxylic acids is 2.